The molecule has 1 fully saturated rings. The Morgan fingerprint density at radius 2 is 1.96 bits per heavy atom. The van der Waals surface area contributed by atoms with E-state index in [0.29, 0.717) is 29.6 Å². The fraction of sp³-hybridized carbons (Fsp3) is 0.647. The molecule has 0 bridgehead atoms. The summed E-state index contributed by atoms with van der Waals surface area (Å²) in [5.74, 6) is 0.423. The molecule has 0 N–H and O–H groups in total. The number of rotatable bonds is 6. The smallest absolute Gasteiger partial charge is 0.350 e. The third kappa shape index (κ3) is 4.32. The highest BCUT2D eigenvalue weighted by Gasteiger charge is 2.31. The molecule has 6 heteroatoms. The summed E-state index contributed by atoms with van der Waals surface area (Å²) in [6.45, 7) is 3.12. The minimum absolute atomic E-state index is 0.0356. The number of methoxy groups -OCH3 is 2. The third-order valence-corrected chi connectivity index (χ3v) is 5.34. The van der Waals surface area contributed by atoms with Crippen LogP contribution in [0.1, 0.15) is 42.3 Å². The lowest BCUT2D eigenvalue weighted by Gasteiger charge is -2.31. The molecule has 1 aliphatic rings. The zero-order valence-corrected chi connectivity index (χ0v) is 14.9. The minimum atomic E-state index is -0.400. The number of anilines is 1. The molecule has 0 spiro atoms. The molecule has 1 saturated carbocycles. The Bertz CT molecular complexity index is 534. The molecule has 23 heavy (non-hydrogen) atoms. The minimum Gasteiger partial charge on any atom is -0.465 e. The summed E-state index contributed by atoms with van der Waals surface area (Å²) in [4.78, 5) is 27.1. The predicted molar refractivity (Wildman–Crippen MR) is 91.0 cm³/mol. The van der Waals surface area contributed by atoms with Crippen LogP contribution in [0.2, 0.25) is 0 Å². The molecular formula is C17H25NO4S. The first-order valence-corrected chi connectivity index (χ1v) is 8.92. The fourth-order valence-corrected chi connectivity index (χ4v) is 3.83. The van der Waals surface area contributed by atoms with E-state index in [1.807, 2.05) is 11.4 Å². The van der Waals surface area contributed by atoms with Gasteiger partial charge in [0.15, 0.2) is 0 Å². The van der Waals surface area contributed by atoms with E-state index >= 15 is 0 Å². The Labute approximate surface area is 141 Å². The van der Waals surface area contributed by atoms with Gasteiger partial charge in [0.2, 0.25) is 5.91 Å². The van der Waals surface area contributed by atoms with Crippen molar-refractivity contribution in [1.82, 2.24) is 0 Å². The second-order valence-corrected chi connectivity index (χ2v) is 6.98. The molecule has 2 rings (SSSR count). The highest BCUT2D eigenvalue weighted by Crippen LogP contribution is 2.33. The molecule has 0 aromatic carbocycles. The average molecular weight is 339 g/mol. The molecule has 5 nitrogen and oxygen atoms in total. The molecule has 0 aliphatic heterocycles. The molecule has 0 atom stereocenters. The van der Waals surface area contributed by atoms with E-state index in [1.54, 1.807) is 12.0 Å². The van der Waals surface area contributed by atoms with Crippen LogP contribution in [0, 0.1) is 11.8 Å². The SMILES string of the molecule is COCCN(C(=O)C1CCC(C)CC1)c1ccsc1C(=O)OC. The van der Waals surface area contributed by atoms with Crippen molar-refractivity contribution in [2.45, 2.75) is 32.6 Å². The van der Waals surface area contributed by atoms with Crippen LogP contribution in [-0.2, 0) is 14.3 Å². The van der Waals surface area contributed by atoms with E-state index < -0.39 is 5.97 Å². The van der Waals surface area contributed by atoms with E-state index in [2.05, 4.69) is 6.92 Å². The van der Waals surface area contributed by atoms with Crippen LogP contribution in [0.25, 0.3) is 0 Å². The van der Waals surface area contributed by atoms with Crippen LogP contribution >= 0.6 is 11.3 Å². The monoisotopic (exact) mass is 339 g/mol. The summed E-state index contributed by atoms with van der Waals surface area (Å²) < 4.78 is 9.98. The fourth-order valence-electron chi connectivity index (χ4n) is 3.02. The van der Waals surface area contributed by atoms with Gasteiger partial charge in [0, 0.05) is 19.6 Å². The molecule has 1 aliphatic carbocycles. The topological polar surface area (TPSA) is 55.8 Å². The van der Waals surface area contributed by atoms with Crippen molar-refractivity contribution in [2.75, 3.05) is 32.3 Å². The van der Waals surface area contributed by atoms with Crippen LogP contribution in [0.5, 0.6) is 0 Å². The number of hydrogen-bond acceptors (Lipinski definition) is 5. The van der Waals surface area contributed by atoms with Crippen molar-refractivity contribution in [3.05, 3.63) is 16.3 Å². The van der Waals surface area contributed by atoms with Gasteiger partial charge < -0.3 is 14.4 Å². The molecule has 0 unspecified atom stereocenters. The quantitative estimate of drug-likeness (QED) is 0.746. The molecule has 1 amide bonds. The number of thiophene rings is 1. The lowest BCUT2D eigenvalue weighted by molar-refractivity contribution is -0.123. The molecule has 0 saturated heterocycles. The lowest BCUT2D eigenvalue weighted by Crippen LogP contribution is -2.40. The van der Waals surface area contributed by atoms with Gasteiger partial charge in [0.05, 0.1) is 19.4 Å². The Balaban J connectivity index is 2.21. The average Bonchev–Trinajstić information content (AvgIpc) is 3.04. The van der Waals surface area contributed by atoms with E-state index in [1.165, 1.54) is 18.4 Å². The largest absolute Gasteiger partial charge is 0.465 e. The van der Waals surface area contributed by atoms with E-state index in [0.717, 1.165) is 25.7 Å². The van der Waals surface area contributed by atoms with Gasteiger partial charge in [-0.15, -0.1) is 11.3 Å². The summed E-state index contributed by atoms with van der Waals surface area (Å²) in [5, 5.41) is 1.82. The normalized spacial score (nSPS) is 21.0. The summed E-state index contributed by atoms with van der Waals surface area (Å²) in [6.07, 6.45) is 4.01. The first-order chi connectivity index (χ1) is 11.1. The predicted octanol–water partition coefficient (Wildman–Crippen LogP) is 3.34. The summed E-state index contributed by atoms with van der Waals surface area (Å²) >= 11 is 1.30. The van der Waals surface area contributed by atoms with Crippen LogP contribution in [0.4, 0.5) is 5.69 Å². The van der Waals surface area contributed by atoms with Gasteiger partial charge in [-0.1, -0.05) is 6.92 Å². The molecule has 1 heterocycles. The van der Waals surface area contributed by atoms with E-state index in [4.69, 9.17) is 9.47 Å². The zero-order valence-electron chi connectivity index (χ0n) is 14.0. The van der Waals surface area contributed by atoms with Gasteiger partial charge in [-0.25, -0.2) is 4.79 Å². The van der Waals surface area contributed by atoms with Crippen LogP contribution in [0.3, 0.4) is 0 Å². The van der Waals surface area contributed by atoms with Crippen molar-refractivity contribution >= 4 is 28.9 Å². The van der Waals surface area contributed by atoms with Crippen molar-refractivity contribution in [1.29, 1.82) is 0 Å². The van der Waals surface area contributed by atoms with Crippen LogP contribution in [0.15, 0.2) is 11.4 Å². The zero-order chi connectivity index (χ0) is 16.8. The third-order valence-electron chi connectivity index (χ3n) is 4.46. The summed E-state index contributed by atoms with van der Waals surface area (Å²) in [5.41, 5.74) is 0.641. The molecule has 128 valence electrons. The number of amides is 1. The number of nitrogens with zero attached hydrogens (tertiary/aromatic N) is 1. The maximum absolute atomic E-state index is 13.0. The maximum atomic E-state index is 13.0. The van der Waals surface area contributed by atoms with Crippen molar-refractivity contribution in [2.24, 2.45) is 11.8 Å². The first kappa shape index (κ1) is 17.9. The molecule has 1 aromatic heterocycles. The van der Waals surface area contributed by atoms with E-state index in [9.17, 15) is 9.59 Å². The lowest BCUT2D eigenvalue weighted by atomic mass is 9.82. The summed E-state index contributed by atoms with van der Waals surface area (Å²) in [6, 6.07) is 1.82. The maximum Gasteiger partial charge on any atom is 0.350 e. The van der Waals surface area contributed by atoms with Crippen molar-refractivity contribution < 1.29 is 19.1 Å². The van der Waals surface area contributed by atoms with Gasteiger partial charge in [-0.05, 0) is 43.0 Å². The Morgan fingerprint density at radius 3 is 2.57 bits per heavy atom. The van der Waals surface area contributed by atoms with Crippen LogP contribution in [-0.4, -0.2) is 39.2 Å². The number of ether oxygens (including phenoxy) is 2. The number of esters is 1. The standard InChI is InChI=1S/C17H25NO4S/c1-12-4-6-13(7-5-12)16(19)18(9-10-21-2)14-8-11-23-15(14)17(20)22-3/h8,11-13H,4-7,9-10H2,1-3H3. The first-order valence-electron chi connectivity index (χ1n) is 8.04. The van der Waals surface area contributed by atoms with Gasteiger partial charge in [0.25, 0.3) is 0 Å². The number of carbonyl (C=O) groups excluding carboxylic acids is 2. The van der Waals surface area contributed by atoms with Gasteiger partial charge in [-0.2, -0.15) is 0 Å². The van der Waals surface area contributed by atoms with Crippen molar-refractivity contribution in [3.63, 3.8) is 0 Å². The highest BCUT2D eigenvalue weighted by atomic mass is 32.1. The van der Waals surface area contributed by atoms with Crippen molar-refractivity contribution in [3.8, 4) is 0 Å². The Kier molecular flexibility index (Phi) is 6.59. The number of hydrogen-bond donors (Lipinski definition) is 0. The van der Waals surface area contributed by atoms with E-state index in [-0.39, 0.29) is 11.8 Å². The van der Waals surface area contributed by atoms with Crippen LogP contribution < -0.4 is 4.90 Å². The Morgan fingerprint density at radius 1 is 1.26 bits per heavy atom. The molecular weight excluding hydrogens is 314 g/mol. The molecule has 1 aromatic rings. The summed E-state index contributed by atoms with van der Waals surface area (Å²) in [7, 11) is 2.97. The van der Waals surface area contributed by atoms with Gasteiger partial charge in [-0.3, -0.25) is 4.79 Å². The second-order valence-electron chi connectivity index (χ2n) is 6.07. The second kappa shape index (κ2) is 8.45. The number of carbonyl (C=O) groups is 2. The van der Waals surface area contributed by atoms with Gasteiger partial charge in [0.1, 0.15) is 4.88 Å². The highest BCUT2D eigenvalue weighted by molar-refractivity contribution is 7.12. The Hall–Kier alpha value is -1.40. The molecule has 0 radical (unpaired) electrons. The van der Waals surface area contributed by atoms with Gasteiger partial charge >= 0.3 is 5.97 Å².